The number of hydrogen-bond acceptors (Lipinski definition) is 5. The van der Waals surface area contributed by atoms with Gasteiger partial charge in [-0.15, -0.1) is 0 Å². The van der Waals surface area contributed by atoms with E-state index in [0.29, 0.717) is 18.1 Å². The summed E-state index contributed by atoms with van der Waals surface area (Å²) in [5, 5.41) is 2.81. The van der Waals surface area contributed by atoms with Gasteiger partial charge < -0.3 is 15.8 Å². The molecule has 0 radical (unpaired) electrons. The monoisotopic (exact) mass is 248 g/mol. The number of ether oxygens (including phenoxy) is 1. The van der Waals surface area contributed by atoms with Crippen LogP contribution in [0.3, 0.4) is 0 Å². The second kappa shape index (κ2) is 5.31. The number of nitrogen functional groups attached to an aromatic ring is 1. The topological polar surface area (TPSA) is 73.1 Å². The smallest absolute Gasteiger partial charge is 0.242 e. The van der Waals surface area contributed by atoms with E-state index in [4.69, 9.17) is 10.5 Å². The number of nitrogens with two attached hydrogens (primary N) is 1. The average Bonchev–Trinajstić information content (AvgIpc) is 2.37. The predicted molar refractivity (Wildman–Crippen MR) is 67.3 cm³/mol. The molecule has 2 aromatic rings. The van der Waals surface area contributed by atoms with E-state index in [1.165, 1.54) is 12.4 Å². The minimum absolute atomic E-state index is 0.252. The van der Waals surface area contributed by atoms with E-state index in [-0.39, 0.29) is 17.4 Å². The van der Waals surface area contributed by atoms with Crippen molar-refractivity contribution >= 4 is 17.2 Å². The van der Waals surface area contributed by atoms with Crippen molar-refractivity contribution in [2.24, 2.45) is 0 Å². The third-order valence-corrected chi connectivity index (χ3v) is 2.26. The van der Waals surface area contributed by atoms with E-state index in [1.54, 1.807) is 18.2 Å². The lowest BCUT2D eigenvalue weighted by Crippen LogP contribution is -2.05. The van der Waals surface area contributed by atoms with Crippen LogP contribution in [-0.2, 0) is 0 Å². The number of aromatic nitrogens is 2. The largest absolute Gasteiger partial charge is 0.476 e. The van der Waals surface area contributed by atoms with E-state index in [0.717, 1.165) is 0 Å². The molecule has 6 heteroatoms. The lowest BCUT2D eigenvalue weighted by molar-refractivity contribution is 0.328. The van der Waals surface area contributed by atoms with Crippen molar-refractivity contribution in [2.45, 2.75) is 6.92 Å². The fraction of sp³-hybridized carbons (Fsp3) is 0.167. The van der Waals surface area contributed by atoms with Crippen LogP contribution < -0.4 is 15.8 Å². The quantitative estimate of drug-likeness (QED) is 0.868. The van der Waals surface area contributed by atoms with Gasteiger partial charge in [0, 0.05) is 0 Å². The summed E-state index contributed by atoms with van der Waals surface area (Å²) in [6.07, 6.45) is 1.31. The van der Waals surface area contributed by atoms with Gasteiger partial charge in [-0.05, 0) is 19.1 Å². The maximum atomic E-state index is 13.5. The normalized spacial score (nSPS) is 10.1. The molecule has 1 aromatic heterocycles. The fourth-order valence-corrected chi connectivity index (χ4v) is 1.42. The molecule has 1 aromatic carbocycles. The summed E-state index contributed by atoms with van der Waals surface area (Å²) < 4.78 is 18.7. The van der Waals surface area contributed by atoms with Crippen molar-refractivity contribution in [3.05, 3.63) is 36.4 Å². The third kappa shape index (κ3) is 2.48. The highest BCUT2D eigenvalue weighted by Gasteiger charge is 2.10. The molecule has 5 nitrogen and oxygen atoms in total. The molecule has 0 spiro atoms. The van der Waals surface area contributed by atoms with Crippen molar-refractivity contribution in [1.82, 2.24) is 9.97 Å². The first-order valence-electron chi connectivity index (χ1n) is 5.47. The Bertz CT molecular complexity index is 547. The number of para-hydroxylation sites is 1. The van der Waals surface area contributed by atoms with Crippen LogP contribution in [0.15, 0.2) is 30.6 Å². The lowest BCUT2D eigenvalue weighted by atomic mass is 10.3. The molecule has 0 amide bonds. The Kier molecular flexibility index (Phi) is 3.57. The summed E-state index contributed by atoms with van der Waals surface area (Å²) >= 11 is 0. The van der Waals surface area contributed by atoms with Crippen LogP contribution in [0.5, 0.6) is 5.88 Å². The summed E-state index contributed by atoms with van der Waals surface area (Å²) in [7, 11) is 0. The number of anilines is 3. The molecule has 2 rings (SSSR count). The first kappa shape index (κ1) is 12.1. The number of benzene rings is 1. The van der Waals surface area contributed by atoms with Crippen molar-refractivity contribution in [2.75, 3.05) is 17.7 Å². The molecule has 94 valence electrons. The fourth-order valence-electron chi connectivity index (χ4n) is 1.42. The number of nitrogens with one attached hydrogen (secondary N) is 1. The Morgan fingerprint density at radius 2 is 2.11 bits per heavy atom. The zero-order valence-electron chi connectivity index (χ0n) is 9.85. The molecule has 0 unspecified atom stereocenters. The Balaban J connectivity index is 2.30. The molecule has 0 bridgehead atoms. The molecule has 3 N–H and O–H groups in total. The van der Waals surface area contributed by atoms with Gasteiger partial charge in [-0.1, -0.05) is 12.1 Å². The zero-order valence-corrected chi connectivity index (χ0v) is 9.85. The predicted octanol–water partition coefficient (Wildman–Crippen LogP) is 2.34. The van der Waals surface area contributed by atoms with Crippen LogP contribution in [0, 0.1) is 5.82 Å². The molecule has 18 heavy (non-hydrogen) atoms. The molecular weight excluding hydrogens is 235 g/mol. The van der Waals surface area contributed by atoms with E-state index in [1.807, 2.05) is 6.92 Å². The van der Waals surface area contributed by atoms with Crippen LogP contribution in [0.25, 0.3) is 0 Å². The maximum absolute atomic E-state index is 13.5. The van der Waals surface area contributed by atoms with Crippen LogP contribution in [0.2, 0.25) is 0 Å². The summed E-state index contributed by atoms with van der Waals surface area (Å²) in [4.78, 5) is 7.86. The van der Waals surface area contributed by atoms with E-state index in [2.05, 4.69) is 15.3 Å². The average molecular weight is 248 g/mol. The summed E-state index contributed by atoms with van der Waals surface area (Å²) in [6.45, 7) is 2.27. The van der Waals surface area contributed by atoms with Gasteiger partial charge in [0.1, 0.15) is 17.8 Å². The van der Waals surface area contributed by atoms with Gasteiger partial charge in [0.15, 0.2) is 5.82 Å². The number of nitrogens with zero attached hydrogens (tertiary/aromatic N) is 2. The molecule has 0 saturated heterocycles. The second-order valence-electron chi connectivity index (χ2n) is 3.48. The Morgan fingerprint density at radius 3 is 2.83 bits per heavy atom. The number of rotatable bonds is 4. The molecular formula is C12H13FN4O. The SMILES string of the molecule is CCOc1ncnc(Nc2ccccc2F)c1N. The third-order valence-electron chi connectivity index (χ3n) is 2.26. The highest BCUT2D eigenvalue weighted by atomic mass is 19.1. The Hall–Kier alpha value is -2.37. The van der Waals surface area contributed by atoms with E-state index >= 15 is 0 Å². The highest BCUT2D eigenvalue weighted by molar-refractivity contribution is 5.72. The van der Waals surface area contributed by atoms with Crippen molar-refractivity contribution in [3.8, 4) is 5.88 Å². The first-order chi connectivity index (χ1) is 8.72. The second-order valence-corrected chi connectivity index (χ2v) is 3.48. The van der Waals surface area contributed by atoms with Gasteiger partial charge in [-0.2, -0.15) is 4.98 Å². The first-order valence-corrected chi connectivity index (χ1v) is 5.47. The highest BCUT2D eigenvalue weighted by Crippen LogP contribution is 2.28. The standard InChI is InChI=1S/C12H13FN4O/c1-2-18-12-10(14)11(15-7-16-12)17-9-6-4-3-5-8(9)13/h3-7H,2,14H2,1H3,(H,15,16,17). The van der Waals surface area contributed by atoms with Crippen molar-refractivity contribution in [3.63, 3.8) is 0 Å². The molecule has 0 saturated carbocycles. The minimum atomic E-state index is -0.381. The summed E-state index contributed by atoms with van der Waals surface area (Å²) in [6, 6.07) is 6.27. The lowest BCUT2D eigenvalue weighted by Gasteiger charge is -2.11. The van der Waals surface area contributed by atoms with Crippen LogP contribution in [-0.4, -0.2) is 16.6 Å². The van der Waals surface area contributed by atoms with Gasteiger partial charge in [0.05, 0.1) is 12.3 Å². The minimum Gasteiger partial charge on any atom is -0.476 e. The summed E-state index contributed by atoms with van der Waals surface area (Å²) in [5.41, 5.74) is 6.38. The van der Waals surface area contributed by atoms with Crippen molar-refractivity contribution in [1.29, 1.82) is 0 Å². The van der Waals surface area contributed by atoms with Crippen molar-refractivity contribution < 1.29 is 9.13 Å². The van der Waals surface area contributed by atoms with Gasteiger partial charge in [-0.25, -0.2) is 9.37 Å². The molecule has 1 heterocycles. The Labute approximate surface area is 104 Å². The van der Waals surface area contributed by atoms with Gasteiger partial charge in [0.25, 0.3) is 0 Å². The molecule has 0 fully saturated rings. The van der Waals surface area contributed by atoms with Gasteiger partial charge in [-0.3, -0.25) is 0 Å². The number of hydrogen-bond donors (Lipinski definition) is 2. The molecule has 0 aliphatic rings. The zero-order chi connectivity index (χ0) is 13.0. The van der Waals surface area contributed by atoms with Crippen LogP contribution in [0.1, 0.15) is 6.92 Å². The van der Waals surface area contributed by atoms with Crippen LogP contribution >= 0.6 is 0 Å². The van der Waals surface area contributed by atoms with E-state index < -0.39 is 0 Å². The van der Waals surface area contributed by atoms with Crippen LogP contribution in [0.4, 0.5) is 21.6 Å². The summed E-state index contributed by atoms with van der Waals surface area (Å²) in [5.74, 6) is 0.221. The van der Waals surface area contributed by atoms with E-state index in [9.17, 15) is 4.39 Å². The van der Waals surface area contributed by atoms with Gasteiger partial charge >= 0.3 is 0 Å². The number of halogens is 1. The molecule has 0 atom stereocenters. The molecule has 0 aliphatic carbocycles. The Morgan fingerprint density at radius 1 is 1.33 bits per heavy atom. The molecule has 0 aliphatic heterocycles. The van der Waals surface area contributed by atoms with Gasteiger partial charge in [0.2, 0.25) is 5.88 Å². The maximum Gasteiger partial charge on any atom is 0.242 e.